The standard InChI is InChI=1S/C17H23FN2O4/c1-17(2,8-7-15(21)22)20-16(23)19-13-6-5-12(18)9-14(13)24-10-11-3-4-11/h5-6,9,11H,3-4,7-8,10H2,1-2H3,(H,21,22)(H2,19,20,23). The molecule has 0 aromatic heterocycles. The van der Waals surface area contributed by atoms with Crippen LogP contribution in [0.25, 0.3) is 0 Å². The van der Waals surface area contributed by atoms with E-state index in [2.05, 4.69) is 10.6 Å². The molecular formula is C17H23FN2O4. The van der Waals surface area contributed by atoms with Crippen molar-refractivity contribution in [1.29, 1.82) is 0 Å². The van der Waals surface area contributed by atoms with Gasteiger partial charge in [0.15, 0.2) is 0 Å². The van der Waals surface area contributed by atoms with Gasteiger partial charge in [0.05, 0.1) is 12.3 Å². The third kappa shape index (κ3) is 6.06. The molecule has 1 aliphatic rings. The molecule has 3 N–H and O–H groups in total. The van der Waals surface area contributed by atoms with Crippen molar-refractivity contribution in [3.8, 4) is 5.75 Å². The highest BCUT2D eigenvalue weighted by Gasteiger charge is 2.24. The summed E-state index contributed by atoms with van der Waals surface area (Å²) in [5, 5.41) is 14.1. The maximum Gasteiger partial charge on any atom is 0.319 e. The second-order valence-corrected chi connectivity index (χ2v) is 6.75. The van der Waals surface area contributed by atoms with Crippen LogP contribution in [-0.2, 0) is 4.79 Å². The number of hydrogen-bond donors (Lipinski definition) is 3. The van der Waals surface area contributed by atoms with Crippen molar-refractivity contribution in [3.05, 3.63) is 24.0 Å². The lowest BCUT2D eigenvalue weighted by Crippen LogP contribution is -2.45. The normalized spacial score (nSPS) is 14.1. The summed E-state index contributed by atoms with van der Waals surface area (Å²) < 4.78 is 19.0. The molecule has 1 aromatic carbocycles. The lowest BCUT2D eigenvalue weighted by molar-refractivity contribution is -0.137. The van der Waals surface area contributed by atoms with Gasteiger partial charge in [0, 0.05) is 18.0 Å². The molecule has 0 aliphatic heterocycles. The number of carboxylic acids is 1. The number of aliphatic carboxylic acids is 1. The lowest BCUT2D eigenvalue weighted by Gasteiger charge is -2.26. The number of rotatable bonds is 8. The van der Waals surface area contributed by atoms with E-state index in [-0.39, 0.29) is 6.42 Å². The summed E-state index contributed by atoms with van der Waals surface area (Å²) in [5.41, 5.74) is -0.305. The second-order valence-electron chi connectivity index (χ2n) is 6.75. The van der Waals surface area contributed by atoms with Crippen LogP contribution in [0.2, 0.25) is 0 Å². The Bertz CT molecular complexity index is 615. The molecule has 7 heteroatoms. The average Bonchev–Trinajstić information content (AvgIpc) is 3.29. The van der Waals surface area contributed by atoms with E-state index in [9.17, 15) is 14.0 Å². The van der Waals surface area contributed by atoms with Gasteiger partial charge in [0.1, 0.15) is 11.6 Å². The van der Waals surface area contributed by atoms with Crippen molar-refractivity contribution >= 4 is 17.7 Å². The molecule has 1 aliphatic carbocycles. The molecule has 0 unspecified atom stereocenters. The first-order valence-corrected chi connectivity index (χ1v) is 7.98. The van der Waals surface area contributed by atoms with Gasteiger partial charge in [0.2, 0.25) is 0 Å². The molecule has 0 atom stereocenters. The Morgan fingerprint density at radius 3 is 2.71 bits per heavy atom. The van der Waals surface area contributed by atoms with Gasteiger partial charge in [-0.25, -0.2) is 9.18 Å². The van der Waals surface area contributed by atoms with Gasteiger partial charge in [-0.2, -0.15) is 0 Å². The van der Waals surface area contributed by atoms with Gasteiger partial charge in [-0.1, -0.05) is 0 Å². The summed E-state index contributed by atoms with van der Waals surface area (Å²) in [6.07, 6.45) is 2.47. The third-order valence-corrected chi connectivity index (χ3v) is 3.78. The summed E-state index contributed by atoms with van der Waals surface area (Å²) in [4.78, 5) is 22.8. The second kappa shape index (κ2) is 7.51. The zero-order valence-electron chi connectivity index (χ0n) is 13.9. The van der Waals surface area contributed by atoms with E-state index in [4.69, 9.17) is 9.84 Å². The molecule has 0 spiro atoms. The predicted molar refractivity (Wildman–Crippen MR) is 87.7 cm³/mol. The molecule has 6 nitrogen and oxygen atoms in total. The maximum atomic E-state index is 13.4. The van der Waals surface area contributed by atoms with Gasteiger partial charge in [0.25, 0.3) is 0 Å². The van der Waals surface area contributed by atoms with Crippen molar-refractivity contribution in [3.63, 3.8) is 0 Å². The van der Waals surface area contributed by atoms with Gasteiger partial charge in [-0.15, -0.1) is 0 Å². The van der Waals surface area contributed by atoms with Crippen molar-refractivity contribution in [2.45, 2.75) is 45.1 Å². The van der Waals surface area contributed by atoms with Crippen LogP contribution in [0.5, 0.6) is 5.75 Å². The Morgan fingerprint density at radius 1 is 1.38 bits per heavy atom. The Labute approximate surface area is 140 Å². The Balaban J connectivity index is 1.95. The number of benzene rings is 1. The van der Waals surface area contributed by atoms with E-state index in [1.807, 2.05) is 0 Å². The highest BCUT2D eigenvalue weighted by molar-refractivity contribution is 5.91. The van der Waals surface area contributed by atoms with E-state index in [1.165, 1.54) is 18.2 Å². The van der Waals surface area contributed by atoms with Crippen molar-refractivity contribution < 1.29 is 23.8 Å². The molecule has 0 heterocycles. The average molecular weight is 338 g/mol. The van der Waals surface area contributed by atoms with Gasteiger partial charge in [-0.05, 0) is 51.2 Å². The number of hydrogen-bond acceptors (Lipinski definition) is 3. The number of amides is 2. The first-order chi connectivity index (χ1) is 11.2. The number of carboxylic acid groups (broad SMARTS) is 1. The number of anilines is 1. The fourth-order valence-corrected chi connectivity index (χ4v) is 2.15. The first-order valence-electron chi connectivity index (χ1n) is 7.98. The number of ether oxygens (including phenoxy) is 1. The van der Waals surface area contributed by atoms with Crippen LogP contribution in [0.15, 0.2) is 18.2 Å². The highest BCUT2D eigenvalue weighted by Crippen LogP contribution is 2.32. The fraction of sp³-hybridized carbons (Fsp3) is 0.529. The van der Waals surface area contributed by atoms with Crippen molar-refractivity contribution in [2.24, 2.45) is 5.92 Å². The van der Waals surface area contributed by atoms with Gasteiger partial charge >= 0.3 is 12.0 Å². The van der Waals surface area contributed by atoms with Crippen LogP contribution in [-0.4, -0.2) is 29.3 Å². The molecule has 1 aromatic rings. The molecular weight excluding hydrogens is 315 g/mol. The van der Waals surface area contributed by atoms with Crippen LogP contribution in [0.3, 0.4) is 0 Å². The third-order valence-electron chi connectivity index (χ3n) is 3.78. The minimum atomic E-state index is -0.917. The number of carbonyl (C=O) groups excluding carboxylic acids is 1. The molecule has 0 bridgehead atoms. The molecule has 1 saturated carbocycles. The lowest BCUT2D eigenvalue weighted by atomic mass is 9.99. The zero-order valence-corrected chi connectivity index (χ0v) is 13.9. The topological polar surface area (TPSA) is 87.7 Å². The molecule has 2 amide bonds. The van der Waals surface area contributed by atoms with Gasteiger partial charge in [-0.3, -0.25) is 4.79 Å². The Hall–Kier alpha value is -2.31. The number of carbonyl (C=O) groups is 2. The molecule has 2 rings (SSSR count). The van der Waals surface area contributed by atoms with Gasteiger partial charge < -0.3 is 20.5 Å². The van der Waals surface area contributed by atoms with Crippen molar-refractivity contribution in [2.75, 3.05) is 11.9 Å². The largest absolute Gasteiger partial charge is 0.491 e. The summed E-state index contributed by atoms with van der Waals surface area (Å²) in [6.45, 7) is 3.99. The quantitative estimate of drug-likeness (QED) is 0.678. The molecule has 24 heavy (non-hydrogen) atoms. The highest BCUT2D eigenvalue weighted by atomic mass is 19.1. The van der Waals surface area contributed by atoms with E-state index in [1.54, 1.807) is 13.8 Å². The number of halogens is 1. The van der Waals surface area contributed by atoms with Crippen LogP contribution in [0, 0.1) is 11.7 Å². The molecule has 1 fully saturated rings. The van der Waals surface area contributed by atoms with E-state index < -0.39 is 23.4 Å². The fourth-order valence-electron chi connectivity index (χ4n) is 2.15. The monoisotopic (exact) mass is 338 g/mol. The number of urea groups is 1. The minimum absolute atomic E-state index is 0.0421. The minimum Gasteiger partial charge on any atom is -0.491 e. The molecule has 0 saturated heterocycles. The Kier molecular flexibility index (Phi) is 5.64. The van der Waals surface area contributed by atoms with Crippen LogP contribution in [0.4, 0.5) is 14.9 Å². The summed E-state index contributed by atoms with van der Waals surface area (Å²) in [6, 6.07) is 3.44. The number of nitrogens with one attached hydrogen (secondary N) is 2. The smallest absolute Gasteiger partial charge is 0.319 e. The molecule has 132 valence electrons. The van der Waals surface area contributed by atoms with Crippen molar-refractivity contribution in [1.82, 2.24) is 5.32 Å². The van der Waals surface area contributed by atoms with E-state index in [0.717, 1.165) is 12.8 Å². The summed E-state index contributed by atoms with van der Waals surface area (Å²) in [7, 11) is 0. The van der Waals surface area contributed by atoms with Crippen LogP contribution >= 0.6 is 0 Å². The molecule has 0 radical (unpaired) electrons. The van der Waals surface area contributed by atoms with E-state index >= 15 is 0 Å². The van der Waals surface area contributed by atoms with E-state index in [0.29, 0.717) is 30.4 Å². The van der Waals surface area contributed by atoms with Crippen LogP contribution in [0.1, 0.15) is 39.5 Å². The maximum absolute atomic E-state index is 13.4. The zero-order chi connectivity index (χ0) is 17.7. The summed E-state index contributed by atoms with van der Waals surface area (Å²) in [5.74, 6) is -0.557. The Morgan fingerprint density at radius 2 is 2.08 bits per heavy atom. The first kappa shape index (κ1) is 18.0. The summed E-state index contributed by atoms with van der Waals surface area (Å²) >= 11 is 0. The SMILES string of the molecule is CC(C)(CCC(=O)O)NC(=O)Nc1ccc(F)cc1OCC1CC1. The predicted octanol–water partition coefficient (Wildman–Crippen LogP) is 3.38. The van der Waals surface area contributed by atoms with Crippen LogP contribution < -0.4 is 15.4 Å².